The molecule has 1 aromatic heterocycles. The smallest absolute Gasteiger partial charge is 0.141 e. The van der Waals surface area contributed by atoms with E-state index in [4.69, 9.17) is 0 Å². The van der Waals surface area contributed by atoms with Crippen LogP contribution in [0.5, 0.6) is 5.75 Å². The molecule has 3 nitrogen and oxygen atoms in total. The van der Waals surface area contributed by atoms with E-state index in [0.717, 1.165) is 22.2 Å². The number of hydrogen-bond donors (Lipinski definition) is 2. The summed E-state index contributed by atoms with van der Waals surface area (Å²) in [6, 6.07) is 27.0. The van der Waals surface area contributed by atoms with Gasteiger partial charge in [0, 0.05) is 24.1 Å². The Balaban J connectivity index is 1.77. The molecule has 0 saturated carbocycles. The number of aromatic nitrogens is 1. The van der Waals surface area contributed by atoms with Crippen molar-refractivity contribution < 1.29 is 10.2 Å². The number of rotatable bonds is 3. The van der Waals surface area contributed by atoms with Gasteiger partial charge < -0.3 is 10.2 Å². The van der Waals surface area contributed by atoms with Crippen LogP contribution >= 0.6 is 0 Å². The molecule has 5 aromatic carbocycles. The molecule has 0 spiro atoms. The molecule has 2 N–H and O–H groups in total. The van der Waals surface area contributed by atoms with E-state index in [2.05, 4.69) is 59.6 Å². The van der Waals surface area contributed by atoms with Crippen molar-refractivity contribution in [2.75, 3.05) is 6.61 Å². The molecule has 0 bridgehead atoms. The van der Waals surface area contributed by atoms with Crippen LogP contribution in [0.3, 0.4) is 0 Å². The van der Waals surface area contributed by atoms with Crippen LogP contribution in [0.25, 0.3) is 54.3 Å². The number of nitrogens with zero attached hydrogens (tertiary/aromatic N) is 1. The van der Waals surface area contributed by atoms with Crippen LogP contribution < -0.4 is 0 Å². The highest BCUT2D eigenvalue weighted by Crippen LogP contribution is 2.41. The van der Waals surface area contributed by atoms with Gasteiger partial charge in [-0.1, -0.05) is 66.7 Å². The van der Waals surface area contributed by atoms with Crippen LogP contribution in [0.15, 0.2) is 78.9 Å². The van der Waals surface area contributed by atoms with E-state index < -0.39 is 0 Å². The van der Waals surface area contributed by atoms with Crippen LogP contribution in [-0.2, 0) is 6.42 Å². The van der Waals surface area contributed by atoms with Crippen LogP contribution in [0.1, 0.15) is 5.69 Å². The first-order valence-corrected chi connectivity index (χ1v) is 10.1. The van der Waals surface area contributed by atoms with E-state index >= 15 is 0 Å². The number of aliphatic hydroxyl groups is 1. The van der Waals surface area contributed by atoms with Gasteiger partial charge in [0.1, 0.15) is 11.3 Å². The van der Waals surface area contributed by atoms with Gasteiger partial charge in [-0.2, -0.15) is 0 Å². The van der Waals surface area contributed by atoms with Gasteiger partial charge in [-0.3, -0.25) is 0 Å². The highest BCUT2D eigenvalue weighted by Gasteiger charge is 2.16. The Hall–Kier alpha value is -3.69. The summed E-state index contributed by atoms with van der Waals surface area (Å²) in [7, 11) is 0. The first kappa shape index (κ1) is 17.2. The predicted molar refractivity (Wildman–Crippen MR) is 123 cm³/mol. The van der Waals surface area contributed by atoms with Crippen molar-refractivity contribution in [2.24, 2.45) is 0 Å². The van der Waals surface area contributed by atoms with E-state index in [-0.39, 0.29) is 12.4 Å². The summed E-state index contributed by atoms with van der Waals surface area (Å²) in [4.78, 5) is 4.60. The highest BCUT2D eigenvalue weighted by atomic mass is 16.3. The van der Waals surface area contributed by atoms with E-state index in [1.165, 1.54) is 32.3 Å². The largest absolute Gasteiger partial charge is 0.506 e. The number of hydrogen-bond acceptors (Lipinski definition) is 3. The van der Waals surface area contributed by atoms with Gasteiger partial charge in [-0.15, -0.1) is 0 Å². The molecule has 0 saturated heterocycles. The molecular formula is C27H19NO2. The molecule has 0 radical (unpaired) electrons. The Morgan fingerprint density at radius 1 is 0.667 bits per heavy atom. The van der Waals surface area contributed by atoms with Gasteiger partial charge in [0.25, 0.3) is 0 Å². The first-order chi connectivity index (χ1) is 14.7. The second kappa shape index (κ2) is 6.41. The third-order valence-corrected chi connectivity index (χ3v) is 6.06. The summed E-state index contributed by atoms with van der Waals surface area (Å²) in [5.41, 5.74) is 3.48. The van der Waals surface area contributed by atoms with Crippen LogP contribution in [-0.4, -0.2) is 21.8 Å². The zero-order chi connectivity index (χ0) is 20.2. The Labute approximate surface area is 173 Å². The minimum Gasteiger partial charge on any atom is -0.506 e. The molecular weight excluding hydrogens is 370 g/mol. The average molecular weight is 389 g/mol. The topological polar surface area (TPSA) is 53.4 Å². The van der Waals surface area contributed by atoms with Crippen molar-refractivity contribution in [3.63, 3.8) is 0 Å². The second-order valence-electron chi connectivity index (χ2n) is 7.78. The van der Waals surface area contributed by atoms with Gasteiger partial charge in [0.05, 0.1) is 0 Å². The lowest BCUT2D eigenvalue weighted by atomic mass is 9.88. The molecule has 6 rings (SSSR count). The number of benzene rings is 5. The average Bonchev–Trinajstić information content (AvgIpc) is 2.78. The number of aliphatic hydroxyl groups excluding tert-OH is 1. The fourth-order valence-corrected chi connectivity index (χ4v) is 4.72. The molecule has 0 aliphatic heterocycles. The number of phenols is 1. The Morgan fingerprint density at radius 2 is 1.37 bits per heavy atom. The summed E-state index contributed by atoms with van der Waals surface area (Å²) >= 11 is 0. The van der Waals surface area contributed by atoms with E-state index in [0.29, 0.717) is 11.9 Å². The van der Waals surface area contributed by atoms with Gasteiger partial charge in [-0.25, -0.2) is 4.98 Å². The highest BCUT2D eigenvalue weighted by molar-refractivity contribution is 6.26. The summed E-state index contributed by atoms with van der Waals surface area (Å²) in [6.45, 7) is 0.0179. The number of aromatic hydroxyl groups is 1. The quantitative estimate of drug-likeness (QED) is 0.363. The van der Waals surface area contributed by atoms with E-state index in [1.807, 2.05) is 18.2 Å². The minimum absolute atomic E-state index is 0.0179. The fraction of sp³-hybridized carbons (Fsp3) is 0.0741. The van der Waals surface area contributed by atoms with Crippen molar-refractivity contribution in [3.8, 4) is 16.9 Å². The predicted octanol–water partition coefficient (Wildman–Crippen LogP) is 6.04. The molecule has 1 heterocycles. The standard InChI is InChI=1S/C27H19NO2/c29-14-13-19-15-23(22-5-2-6-24(30)27(22)28-19)20-11-9-18-8-7-16-3-1-4-17-10-12-21(20)26(18)25(16)17/h1-12,15,29-30H,13-14H2. The number of pyridine rings is 1. The molecule has 0 amide bonds. The lowest BCUT2D eigenvalue weighted by Gasteiger charge is -2.16. The third kappa shape index (κ3) is 2.39. The molecule has 0 aliphatic carbocycles. The second-order valence-corrected chi connectivity index (χ2v) is 7.78. The molecule has 6 aromatic rings. The molecule has 0 atom stereocenters. The zero-order valence-corrected chi connectivity index (χ0v) is 16.3. The van der Waals surface area contributed by atoms with Crippen LogP contribution in [0.4, 0.5) is 0 Å². The number of para-hydroxylation sites is 1. The fourth-order valence-electron chi connectivity index (χ4n) is 4.72. The molecule has 30 heavy (non-hydrogen) atoms. The van der Waals surface area contributed by atoms with Gasteiger partial charge >= 0.3 is 0 Å². The molecule has 0 unspecified atom stereocenters. The Bertz CT molecular complexity index is 1550. The molecule has 3 heteroatoms. The molecule has 0 aliphatic rings. The number of fused-ring (bicyclic) bond motifs is 1. The van der Waals surface area contributed by atoms with E-state index in [1.54, 1.807) is 6.07 Å². The maximum Gasteiger partial charge on any atom is 0.141 e. The van der Waals surface area contributed by atoms with Crippen LogP contribution in [0, 0.1) is 0 Å². The van der Waals surface area contributed by atoms with Gasteiger partial charge in [-0.05, 0) is 55.6 Å². The lowest BCUT2D eigenvalue weighted by molar-refractivity contribution is 0.298. The monoisotopic (exact) mass is 389 g/mol. The lowest BCUT2D eigenvalue weighted by Crippen LogP contribution is -1.97. The van der Waals surface area contributed by atoms with Crippen molar-refractivity contribution in [1.29, 1.82) is 0 Å². The maximum atomic E-state index is 10.4. The minimum atomic E-state index is 0.0179. The normalized spacial score (nSPS) is 11.9. The molecule has 0 fully saturated rings. The van der Waals surface area contributed by atoms with Gasteiger partial charge in [0.2, 0.25) is 0 Å². The molecule has 144 valence electrons. The summed E-state index contributed by atoms with van der Waals surface area (Å²) < 4.78 is 0. The van der Waals surface area contributed by atoms with Crippen molar-refractivity contribution in [1.82, 2.24) is 4.98 Å². The van der Waals surface area contributed by atoms with Crippen LogP contribution in [0.2, 0.25) is 0 Å². The summed E-state index contributed by atoms with van der Waals surface area (Å²) in [5, 5.41) is 28.3. The van der Waals surface area contributed by atoms with Crippen molar-refractivity contribution in [2.45, 2.75) is 6.42 Å². The third-order valence-electron chi connectivity index (χ3n) is 6.06. The van der Waals surface area contributed by atoms with Gasteiger partial charge in [0.15, 0.2) is 0 Å². The van der Waals surface area contributed by atoms with Crippen molar-refractivity contribution in [3.05, 3.63) is 84.6 Å². The summed E-state index contributed by atoms with van der Waals surface area (Å²) in [6.07, 6.45) is 0.448. The first-order valence-electron chi connectivity index (χ1n) is 10.1. The summed E-state index contributed by atoms with van der Waals surface area (Å²) in [5.74, 6) is 0.159. The van der Waals surface area contributed by atoms with Crippen molar-refractivity contribution >= 4 is 43.2 Å². The van der Waals surface area contributed by atoms with E-state index in [9.17, 15) is 10.2 Å². The Morgan fingerprint density at radius 3 is 2.17 bits per heavy atom. The zero-order valence-electron chi connectivity index (χ0n) is 16.3. The maximum absolute atomic E-state index is 10.4. The SMILES string of the molecule is OCCc1cc(-c2ccc3ccc4cccc5ccc2c3c45)c2cccc(O)c2n1. The number of phenolic OH excluding ortho intramolecular Hbond substituents is 1. The Kier molecular flexibility index (Phi) is 3.67.